The number of nitrogens with one attached hydrogen (secondary N) is 2. The number of carbonyl (C=O) groups is 1. The Morgan fingerprint density at radius 3 is 2.58 bits per heavy atom. The molecule has 0 aliphatic rings. The second-order valence-corrected chi connectivity index (χ2v) is 5.42. The predicted octanol–water partition coefficient (Wildman–Crippen LogP) is 4.62. The van der Waals surface area contributed by atoms with E-state index < -0.39 is 11.7 Å². The number of hydrogen-bond donors (Lipinski definition) is 2. The molecule has 5 nitrogen and oxygen atoms in total. The van der Waals surface area contributed by atoms with Crippen LogP contribution < -0.4 is 15.4 Å². The van der Waals surface area contributed by atoms with E-state index in [0.29, 0.717) is 12.4 Å². The van der Waals surface area contributed by atoms with Crippen molar-refractivity contribution in [2.45, 2.75) is 6.92 Å². The summed E-state index contributed by atoms with van der Waals surface area (Å²) in [5.74, 6) is -0.0392. The van der Waals surface area contributed by atoms with Crippen LogP contribution in [-0.4, -0.2) is 17.5 Å². The van der Waals surface area contributed by atoms with Crippen LogP contribution in [0.3, 0.4) is 0 Å². The smallest absolute Gasteiger partial charge is 0.259 e. The largest absolute Gasteiger partial charge is 0.492 e. The lowest BCUT2D eigenvalue weighted by Crippen LogP contribution is -2.14. The van der Waals surface area contributed by atoms with E-state index in [1.807, 2.05) is 31.2 Å². The van der Waals surface area contributed by atoms with Gasteiger partial charge in [0.05, 0.1) is 29.7 Å². The minimum Gasteiger partial charge on any atom is -0.492 e. The van der Waals surface area contributed by atoms with Crippen molar-refractivity contribution >= 4 is 23.1 Å². The number of hydrogen-bond acceptors (Lipinski definition) is 4. The SMILES string of the molecule is CCOc1ccccc1Nc1ccc(NC(=O)c2ccccc2F)nc1. The summed E-state index contributed by atoms with van der Waals surface area (Å²) in [6.07, 6.45) is 1.58. The number of rotatable bonds is 6. The molecular weight excluding hydrogens is 333 g/mol. The molecule has 6 heteroatoms. The van der Waals surface area contributed by atoms with Gasteiger partial charge >= 0.3 is 0 Å². The maximum Gasteiger partial charge on any atom is 0.259 e. The molecule has 3 rings (SSSR count). The molecule has 26 heavy (non-hydrogen) atoms. The van der Waals surface area contributed by atoms with Crippen LogP contribution in [0.25, 0.3) is 0 Å². The van der Waals surface area contributed by atoms with Crippen molar-refractivity contribution in [2.75, 3.05) is 17.2 Å². The first-order valence-electron chi connectivity index (χ1n) is 8.18. The van der Waals surface area contributed by atoms with Gasteiger partial charge in [-0.15, -0.1) is 0 Å². The zero-order valence-corrected chi connectivity index (χ0v) is 14.2. The van der Waals surface area contributed by atoms with Gasteiger partial charge in [0.1, 0.15) is 17.4 Å². The predicted molar refractivity (Wildman–Crippen MR) is 99.5 cm³/mol. The Morgan fingerprint density at radius 1 is 1.08 bits per heavy atom. The maximum absolute atomic E-state index is 13.6. The normalized spacial score (nSPS) is 10.2. The van der Waals surface area contributed by atoms with Crippen molar-refractivity contribution in [1.29, 1.82) is 0 Å². The van der Waals surface area contributed by atoms with E-state index in [0.717, 1.165) is 17.1 Å². The number of pyridine rings is 1. The molecular formula is C20H18FN3O2. The fourth-order valence-electron chi connectivity index (χ4n) is 2.38. The number of amides is 1. The van der Waals surface area contributed by atoms with E-state index in [1.54, 1.807) is 24.4 Å². The van der Waals surface area contributed by atoms with Gasteiger partial charge in [0.25, 0.3) is 5.91 Å². The van der Waals surface area contributed by atoms with Crippen LogP contribution in [0.1, 0.15) is 17.3 Å². The molecule has 0 bridgehead atoms. The molecule has 3 aromatic rings. The summed E-state index contributed by atoms with van der Waals surface area (Å²) in [4.78, 5) is 16.3. The van der Waals surface area contributed by atoms with Gasteiger partial charge in [0, 0.05) is 0 Å². The molecule has 0 unspecified atom stereocenters. The second kappa shape index (κ2) is 8.11. The van der Waals surface area contributed by atoms with Crippen molar-refractivity contribution in [3.05, 3.63) is 78.2 Å². The van der Waals surface area contributed by atoms with E-state index >= 15 is 0 Å². The van der Waals surface area contributed by atoms with E-state index in [1.165, 1.54) is 18.2 Å². The summed E-state index contributed by atoms with van der Waals surface area (Å²) in [5, 5.41) is 5.80. The summed E-state index contributed by atoms with van der Waals surface area (Å²) in [6, 6.07) is 16.8. The Balaban J connectivity index is 1.69. The zero-order valence-electron chi connectivity index (χ0n) is 14.2. The molecule has 2 aromatic carbocycles. The van der Waals surface area contributed by atoms with E-state index in [9.17, 15) is 9.18 Å². The molecule has 132 valence electrons. The van der Waals surface area contributed by atoms with Crippen LogP contribution in [-0.2, 0) is 0 Å². The molecule has 0 saturated carbocycles. The van der Waals surface area contributed by atoms with Gasteiger partial charge < -0.3 is 15.4 Å². The number of carbonyl (C=O) groups excluding carboxylic acids is 1. The Morgan fingerprint density at radius 2 is 1.85 bits per heavy atom. The summed E-state index contributed by atoms with van der Waals surface area (Å²) < 4.78 is 19.2. The average Bonchev–Trinajstić information content (AvgIpc) is 2.65. The molecule has 2 N–H and O–H groups in total. The molecule has 0 fully saturated rings. The number of halogens is 1. The van der Waals surface area contributed by atoms with Crippen molar-refractivity contribution in [3.8, 4) is 5.75 Å². The van der Waals surface area contributed by atoms with Crippen LogP contribution in [0.2, 0.25) is 0 Å². The highest BCUT2D eigenvalue weighted by atomic mass is 19.1. The molecule has 0 aliphatic carbocycles. The maximum atomic E-state index is 13.6. The van der Waals surface area contributed by atoms with Crippen LogP contribution in [0.15, 0.2) is 66.9 Å². The quantitative estimate of drug-likeness (QED) is 0.680. The van der Waals surface area contributed by atoms with Gasteiger partial charge in [-0.25, -0.2) is 9.37 Å². The highest BCUT2D eigenvalue weighted by Gasteiger charge is 2.11. The third-order valence-electron chi connectivity index (χ3n) is 3.59. The molecule has 1 aromatic heterocycles. The fraction of sp³-hybridized carbons (Fsp3) is 0.100. The van der Waals surface area contributed by atoms with E-state index in [4.69, 9.17) is 4.74 Å². The topological polar surface area (TPSA) is 63.2 Å². The standard InChI is InChI=1S/C20H18FN3O2/c1-2-26-18-10-6-5-9-17(18)23-14-11-12-19(22-13-14)24-20(25)15-7-3-4-8-16(15)21/h3-13,23H,2H2,1H3,(H,22,24,25). The molecule has 1 heterocycles. The Labute approximate surface area is 150 Å². The first-order chi connectivity index (χ1) is 12.7. The monoisotopic (exact) mass is 351 g/mol. The van der Waals surface area contributed by atoms with Gasteiger partial charge in [-0.2, -0.15) is 0 Å². The third kappa shape index (κ3) is 4.16. The lowest BCUT2D eigenvalue weighted by atomic mass is 10.2. The Kier molecular flexibility index (Phi) is 5.43. The van der Waals surface area contributed by atoms with Gasteiger partial charge in [0.15, 0.2) is 0 Å². The van der Waals surface area contributed by atoms with E-state index in [2.05, 4.69) is 15.6 Å². The first kappa shape index (κ1) is 17.4. The summed E-state index contributed by atoms with van der Waals surface area (Å²) in [5.41, 5.74) is 1.53. The van der Waals surface area contributed by atoms with Crippen molar-refractivity contribution in [2.24, 2.45) is 0 Å². The lowest BCUT2D eigenvalue weighted by molar-refractivity contribution is 0.102. The highest BCUT2D eigenvalue weighted by Crippen LogP contribution is 2.27. The van der Waals surface area contributed by atoms with E-state index in [-0.39, 0.29) is 5.56 Å². The van der Waals surface area contributed by atoms with Crippen LogP contribution in [0, 0.1) is 5.82 Å². The number of anilines is 3. The molecule has 0 radical (unpaired) electrons. The van der Waals surface area contributed by atoms with Crippen LogP contribution in [0.5, 0.6) is 5.75 Å². The average molecular weight is 351 g/mol. The Bertz CT molecular complexity index is 898. The number of ether oxygens (including phenoxy) is 1. The molecule has 0 spiro atoms. The Hall–Kier alpha value is -3.41. The minimum atomic E-state index is -0.573. The van der Waals surface area contributed by atoms with Gasteiger partial charge in [-0.05, 0) is 43.3 Å². The minimum absolute atomic E-state index is 0.0258. The number of nitrogens with zero attached hydrogens (tertiary/aromatic N) is 1. The summed E-state index contributed by atoms with van der Waals surface area (Å²) >= 11 is 0. The molecule has 0 saturated heterocycles. The molecule has 0 aliphatic heterocycles. The van der Waals surface area contributed by atoms with Crippen LogP contribution >= 0.6 is 0 Å². The number of benzene rings is 2. The fourth-order valence-corrected chi connectivity index (χ4v) is 2.38. The highest BCUT2D eigenvalue weighted by molar-refractivity contribution is 6.03. The number of para-hydroxylation sites is 2. The lowest BCUT2D eigenvalue weighted by Gasteiger charge is -2.12. The van der Waals surface area contributed by atoms with Gasteiger partial charge in [-0.1, -0.05) is 24.3 Å². The van der Waals surface area contributed by atoms with Crippen molar-refractivity contribution in [1.82, 2.24) is 4.98 Å². The van der Waals surface area contributed by atoms with Crippen molar-refractivity contribution < 1.29 is 13.9 Å². The second-order valence-electron chi connectivity index (χ2n) is 5.42. The van der Waals surface area contributed by atoms with Crippen molar-refractivity contribution in [3.63, 3.8) is 0 Å². The molecule has 1 amide bonds. The third-order valence-corrected chi connectivity index (χ3v) is 3.59. The summed E-state index contributed by atoms with van der Waals surface area (Å²) in [7, 11) is 0. The zero-order chi connectivity index (χ0) is 18.4. The van der Waals surface area contributed by atoms with Crippen LogP contribution in [0.4, 0.5) is 21.6 Å². The molecule has 0 atom stereocenters. The van der Waals surface area contributed by atoms with Gasteiger partial charge in [-0.3, -0.25) is 4.79 Å². The van der Waals surface area contributed by atoms with Gasteiger partial charge in [0.2, 0.25) is 0 Å². The first-order valence-corrected chi connectivity index (χ1v) is 8.18. The summed E-state index contributed by atoms with van der Waals surface area (Å²) in [6.45, 7) is 2.49. The number of aromatic nitrogens is 1.